The first-order valence-corrected chi connectivity index (χ1v) is 7.11. The monoisotopic (exact) mass is 257 g/mol. The Bertz CT molecular complexity index is 241. The summed E-state index contributed by atoms with van der Waals surface area (Å²) in [5.41, 5.74) is 0. The minimum atomic E-state index is -0.846. The lowest BCUT2D eigenvalue weighted by Gasteiger charge is -2.19. The summed E-state index contributed by atoms with van der Waals surface area (Å²) in [6.07, 6.45) is 7.57. The number of unbranched alkanes of at least 4 members (excludes halogenated alkanes) is 5. The summed E-state index contributed by atoms with van der Waals surface area (Å²) in [6, 6.07) is 0. The Labute approximate surface area is 110 Å². The van der Waals surface area contributed by atoms with Crippen LogP contribution in [0.15, 0.2) is 0 Å². The number of carboxylic acid groups (broad SMARTS) is 1. The molecule has 0 fully saturated rings. The van der Waals surface area contributed by atoms with Crippen LogP contribution in [0.2, 0.25) is 0 Å². The standard InChI is InChI=1S/C14H27NO3/c1-3-5-6-7-8-9-10-13(16)15(4-2)12-11-14(17)18/h3-12H2,1-2H3,(H,17,18). The fourth-order valence-corrected chi connectivity index (χ4v) is 1.90. The molecular formula is C14H27NO3. The summed E-state index contributed by atoms with van der Waals surface area (Å²) in [6.45, 7) is 5.01. The van der Waals surface area contributed by atoms with E-state index in [-0.39, 0.29) is 12.3 Å². The lowest BCUT2D eigenvalue weighted by Crippen LogP contribution is -2.32. The molecular weight excluding hydrogens is 230 g/mol. The van der Waals surface area contributed by atoms with Crippen molar-refractivity contribution in [2.75, 3.05) is 13.1 Å². The van der Waals surface area contributed by atoms with Gasteiger partial charge < -0.3 is 10.0 Å². The number of aliphatic carboxylic acids is 1. The summed E-state index contributed by atoms with van der Waals surface area (Å²) in [5.74, 6) is -0.755. The Morgan fingerprint density at radius 3 is 2.11 bits per heavy atom. The Balaban J connectivity index is 3.66. The van der Waals surface area contributed by atoms with Crippen molar-refractivity contribution in [2.24, 2.45) is 0 Å². The number of carbonyl (C=O) groups excluding carboxylic acids is 1. The zero-order valence-corrected chi connectivity index (χ0v) is 11.8. The van der Waals surface area contributed by atoms with Gasteiger partial charge in [0, 0.05) is 19.5 Å². The molecule has 4 heteroatoms. The predicted molar refractivity (Wildman–Crippen MR) is 72.5 cm³/mol. The minimum absolute atomic E-state index is 0.0378. The van der Waals surface area contributed by atoms with Gasteiger partial charge in [0.25, 0.3) is 0 Å². The maximum Gasteiger partial charge on any atom is 0.305 e. The van der Waals surface area contributed by atoms with E-state index in [2.05, 4.69) is 6.92 Å². The van der Waals surface area contributed by atoms with Crippen molar-refractivity contribution in [3.05, 3.63) is 0 Å². The lowest BCUT2D eigenvalue weighted by atomic mass is 10.1. The normalized spacial score (nSPS) is 10.3. The molecule has 4 nitrogen and oxygen atoms in total. The molecule has 0 rings (SSSR count). The van der Waals surface area contributed by atoms with Gasteiger partial charge in [0.1, 0.15) is 0 Å². The van der Waals surface area contributed by atoms with E-state index < -0.39 is 5.97 Å². The molecule has 0 aromatic carbocycles. The van der Waals surface area contributed by atoms with Crippen LogP contribution in [0.3, 0.4) is 0 Å². The molecule has 0 aromatic rings. The van der Waals surface area contributed by atoms with Crippen LogP contribution in [0, 0.1) is 0 Å². The summed E-state index contributed by atoms with van der Waals surface area (Å²) >= 11 is 0. The number of amides is 1. The van der Waals surface area contributed by atoms with Crippen LogP contribution >= 0.6 is 0 Å². The average molecular weight is 257 g/mol. The third-order valence-electron chi connectivity index (χ3n) is 3.07. The van der Waals surface area contributed by atoms with Crippen molar-refractivity contribution >= 4 is 11.9 Å². The van der Waals surface area contributed by atoms with E-state index in [1.807, 2.05) is 6.92 Å². The van der Waals surface area contributed by atoms with Gasteiger partial charge in [-0.1, -0.05) is 39.0 Å². The molecule has 0 unspecified atom stereocenters. The number of hydrogen-bond donors (Lipinski definition) is 1. The zero-order valence-electron chi connectivity index (χ0n) is 11.8. The van der Waals surface area contributed by atoms with E-state index in [4.69, 9.17) is 5.11 Å². The highest BCUT2D eigenvalue weighted by atomic mass is 16.4. The van der Waals surface area contributed by atoms with Crippen LogP contribution in [-0.2, 0) is 9.59 Å². The number of carboxylic acids is 1. The third-order valence-corrected chi connectivity index (χ3v) is 3.07. The molecule has 0 spiro atoms. The molecule has 0 radical (unpaired) electrons. The van der Waals surface area contributed by atoms with Crippen LogP contribution in [-0.4, -0.2) is 35.0 Å². The van der Waals surface area contributed by atoms with Crippen molar-refractivity contribution in [3.63, 3.8) is 0 Å². The summed E-state index contributed by atoms with van der Waals surface area (Å²) in [7, 11) is 0. The number of carbonyl (C=O) groups is 2. The van der Waals surface area contributed by atoms with Gasteiger partial charge in [0.2, 0.25) is 5.91 Å². The van der Waals surface area contributed by atoms with Crippen molar-refractivity contribution in [2.45, 2.75) is 65.2 Å². The van der Waals surface area contributed by atoms with Crippen LogP contribution in [0.4, 0.5) is 0 Å². The Hall–Kier alpha value is -1.06. The van der Waals surface area contributed by atoms with Crippen molar-refractivity contribution in [1.29, 1.82) is 0 Å². The summed E-state index contributed by atoms with van der Waals surface area (Å²) in [5, 5.41) is 8.60. The molecule has 106 valence electrons. The SMILES string of the molecule is CCCCCCCCC(=O)N(CC)CCC(=O)O. The average Bonchev–Trinajstić information content (AvgIpc) is 2.34. The number of nitrogens with zero attached hydrogens (tertiary/aromatic N) is 1. The first kappa shape index (κ1) is 16.9. The second-order valence-corrected chi connectivity index (χ2v) is 4.63. The topological polar surface area (TPSA) is 57.6 Å². The van der Waals surface area contributed by atoms with Gasteiger partial charge >= 0.3 is 5.97 Å². The van der Waals surface area contributed by atoms with Gasteiger partial charge in [-0.05, 0) is 13.3 Å². The Morgan fingerprint density at radius 1 is 0.944 bits per heavy atom. The molecule has 0 saturated carbocycles. The van der Waals surface area contributed by atoms with Crippen LogP contribution in [0.1, 0.15) is 65.2 Å². The molecule has 0 aliphatic heterocycles. The van der Waals surface area contributed by atoms with E-state index in [9.17, 15) is 9.59 Å². The minimum Gasteiger partial charge on any atom is -0.481 e. The third kappa shape index (κ3) is 9.02. The quantitative estimate of drug-likeness (QED) is 0.579. The molecule has 0 atom stereocenters. The van der Waals surface area contributed by atoms with Gasteiger partial charge in [-0.15, -0.1) is 0 Å². The predicted octanol–water partition coefficient (Wildman–Crippen LogP) is 3.06. The molecule has 0 bridgehead atoms. The molecule has 18 heavy (non-hydrogen) atoms. The highest BCUT2D eigenvalue weighted by Crippen LogP contribution is 2.08. The first-order valence-electron chi connectivity index (χ1n) is 7.11. The molecule has 0 aliphatic carbocycles. The molecule has 0 saturated heterocycles. The summed E-state index contributed by atoms with van der Waals surface area (Å²) < 4.78 is 0. The van der Waals surface area contributed by atoms with Crippen LogP contribution in [0.25, 0.3) is 0 Å². The lowest BCUT2D eigenvalue weighted by molar-refractivity contribution is -0.138. The van der Waals surface area contributed by atoms with Gasteiger partial charge in [-0.25, -0.2) is 0 Å². The second kappa shape index (κ2) is 11.1. The number of rotatable bonds is 11. The van der Waals surface area contributed by atoms with Crippen molar-refractivity contribution in [3.8, 4) is 0 Å². The van der Waals surface area contributed by atoms with E-state index >= 15 is 0 Å². The van der Waals surface area contributed by atoms with Crippen LogP contribution < -0.4 is 0 Å². The van der Waals surface area contributed by atoms with Gasteiger partial charge in [-0.3, -0.25) is 9.59 Å². The molecule has 1 N–H and O–H groups in total. The largest absolute Gasteiger partial charge is 0.481 e. The first-order chi connectivity index (χ1) is 8.61. The Morgan fingerprint density at radius 2 is 1.56 bits per heavy atom. The molecule has 0 heterocycles. The Kier molecular flexibility index (Phi) is 10.4. The van der Waals surface area contributed by atoms with Crippen molar-refractivity contribution < 1.29 is 14.7 Å². The highest BCUT2D eigenvalue weighted by molar-refractivity contribution is 5.76. The summed E-state index contributed by atoms with van der Waals surface area (Å²) in [4.78, 5) is 23.9. The zero-order chi connectivity index (χ0) is 13.8. The van der Waals surface area contributed by atoms with Crippen molar-refractivity contribution in [1.82, 2.24) is 4.90 Å². The van der Waals surface area contributed by atoms with E-state index in [1.165, 1.54) is 25.7 Å². The van der Waals surface area contributed by atoms with Gasteiger partial charge in [0.05, 0.1) is 6.42 Å². The van der Waals surface area contributed by atoms with Gasteiger partial charge in [-0.2, -0.15) is 0 Å². The second-order valence-electron chi connectivity index (χ2n) is 4.63. The molecule has 1 amide bonds. The maximum absolute atomic E-state index is 11.8. The van der Waals surface area contributed by atoms with E-state index in [1.54, 1.807) is 4.90 Å². The fourth-order valence-electron chi connectivity index (χ4n) is 1.90. The number of hydrogen-bond acceptors (Lipinski definition) is 2. The van der Waals surface area contributed by atoms with Crippen LogP contribution in [0.5, 0.6) is 0 Å². The fraction of sp³-hybridized carbons (Fsp3) is 0.857. The molecule has 0 aliphatic rings. The van der Waals surface area contributed by atoms with E-state index in [0.29, 0.717) is 19.5 Å². The maximum atomic E-state index is 11.8. The molecule has 0 aromatic heterocycles. The smallest absolute Gasteiger partial charge is 0.305 e. The highest BCUT2D eigenvalue weighted by Gasteiger charge is 2.12. The van der Waals surface area contributed by atoms with Gasteiger partial charge in [0.15, 0.2) is 0 Å². The van der Waals surface area contributed by atoms with E-state index in [0.717, 1.165) is 12.8 Å².